The Morgan fingerprint density at radius 2 is 1.65 bits per heavy atom. The summed E-state index contributed by atoms with van der Waals surface area (Å²) in [5.41, 5.74) is 0.275. The number of aliphatic hydroxyl groups excluding tert-OH is 2. The van der Waals surface area contributed by atoms with E-state index >= 15 is 0 Å². The molecule has 2 aromatic rings. The molecule has 3 aliphatic rings. The number of carboxylic acids is 2. The second-order valence-electron chi connectivity index (χ2n) is 20.8. The number of ether oxygens (including phenoxy) is 6. The topological polar surface area (TPSA) is 278 Å². The van der Waals surface area contributed by atoms with Crippen molar-refractivity contribution in [1.29, 1.82) is 0 Å². The van der Waals surface area contributed by atoms with Crippen molar-refractivity contribution in [3.8, 4) is 0 Å². The number of aliphatic hydroxyl groups is 3. The first kappa shape index (κ1) is 71.9. The Morgan fingerprint density at radius 1 is 1.00 bits per heavy atom. The van der Waals surface area contributed by atoms with E-state index in [-0.39, 0.29) is 56.0 Å². The third kappa shape index (κ3) is 21.4. The second kappa shape index (κ2) is 36.2. The first-order valence-electron chi connectivity index (χ1n) is 28.2. The van der Waals surface area contributed by atoms with Gasteiger partial charge < -0.3 is 73.6 Å². The van der Waals surface area contributed by atoms with Gasteiger partial charge in [0.25, 0.3) is 0 Å². The van der Waals surface area contributed by atoms with Crippen LogP contribution in [-0.2, 0) is 51.0 Å². The van der Waals surface area contributed by atoms with E-state index < -0.39 is 83.7 Å². The molecule has 0 saturated carbocycles. The lowest BCUT2D eigenvalue weighted by molar-refractivity contribution is -0.279. The summed E-state index contributed by atoms with van der Waals surface area (Å²) in [4.78, 5) is 64.1. The molecule has 6 N–H and O–H groups in total. The van der Waals surface area contributed by atoms with Crippen molar-refractivity contribution < 1.29 is 68.3 Å². The fourth-order valence-electron chi connectivity index (χ4n) is 10.2. The molecule has 1 aromatic heterocycles. The van der Waals surface area contributed by atoms with Crippen LogP contribution in [0.25, 0.3) is 10.9 Å². The number of aromatic nitrogens is 1. The molecule has 21 heteroatoms. The third-order valence-electron chi connectivity index (χ3n) is 14.4. The monoisotopic (exact) mass is 1110 g/mol. The number of carbonyl (C=O) groups excluding carboxylic acids is 1. The SMILES string of the molecule is CC.CC.CCC(C)OC(CC)O[C@@H]1C(C)C(=O)OCC(N=O)C(O)C(C)N(C)C[C@H](C)C[C@@](C)(O)[C@H](OC2CC(N(C)C)CC(C)O2)[C@H]1C.CO.O=C(O)CCOCCNc1ccc2c3c1c(=O)c(C(=O)O)cn3CCC2. The zero-order chi connectivity index (χ0) is 59.6. The molecule has 3 aliphatic heterocycles. The third-order valence-corrected chi connectivity index (χ3v) is 14.4. The number of aryl methyl sites for hydroxylation is 2. The van der Waals surface area contributed by atoms with Gasteiger partial charge in [0.05, 0.1) is 72.6 Å². The van der Waals surface area contributed by atoms with Gasteiger partial charge in [-0.2, -0.15) is 4.91 Å². The number of carboxylic acid groups (broad SMARTS) is 2. The lowest BCUT2D eigenvalue weighted by atomic mass is 9.77. The van der Waals surface area contributed by atoms with Crippen molar-refractivity contribution in [2.75, 3.05) is 66.5 Å². The van der Waals surface area contributed by atoms with Crippen LogP contribution in [0.4, 0.5) is 5.69 Å². The number of carbonyl (C=O) groups is 3. The number of benzene rings is 1. The summed E-state index contributed by atoms with van der Waals surface area (Å²) in [5, 5.41) is 54.8. The van der Waals surface area contributed by atoms with E-state index in [2.05, 4.69) is 15.4 Å². The standard InChI is InChI=1S/C34H65N3O9.C18H20N2O6.2C2H6.CH4O/c1-13-21(4)43-28(14-2)45-31-23(6)32(46-29-16-26(36(10)11)15-22(5)44-29)34(9,40)17-20(3)18-37(12)25(8)30(38)27(35-41)19-42-33(39)24(31)7;21-14(22)5-8-26-9-6-19-13-4-3-11-2-1-7-20-10-12(18(24)25)17(23)15(13)16(11)20;3*1-2/h20-32,38,40H,13-19H2,1-12H3;3-4,10,19H,1-2,5-9H2,(H,21,22)(H,24,25);2*1-2H3;2H,1H3/t20-,21?,22?,23+,24?,25?,26?,27?,28?,29?,30?,31+,32-,34-;;;;/m1..../s1. The Labute approximate surface area is 464 Å². The molecule has 1 aromatic carbocycles. The molecule has 2 fully saturated rings. The van der Waals surface area contributed by atoms with E-state index in [0.29, 0.717) is 50.0 Å². The number of aromatic carboxylic acids is 1. The lowest BCUT2D eigenvalue weighted by Gasteiger charge is -2.46. The number of rotatable bonds is 18. The van der Waals surface area contributed by atoms with Gasteiger partial charge in [0.1, 0.15) is 12.2 Å². The molecule has 0 radical (unpaired) electrons. The number of pyridine rings is 1. The van der Waals surface area contributed by atoms with E-state index in [9.17, 15) is 39.4 Å². The number of nitrogens with one attached hydrogen (secondary N) is 1. The molecule has 78 heavy (non-hydrogen) atoms. The Balaban J connectivity index is 0.000000798. The number of nitrogens with zero attached hydrogens (tertiary/aromatic N) is 4. The highest BCUT2D eigenvalue weighted by Crippen LogP contribution is 2.37. The summed E-state index contributed by atoms with van der Waals surface area (Å²) in [7, 11) is 6.94. The summed E-state index contributed by atoms with van der Waals surface area (Å²) in [6.07, 6.45) is 2.23. The van der Waals surface area contributed by atoms with Crippen LogP contribution in [-0.4, -0.2) is 186 Å². The van der Waals surface area contributed by atoms with Crippen LogP contribution in [0.2, 0.25) is 0 Å². The van der Waals surface area contributed by atoms with E-state index in [1.807, 2.05) is 106 Å². The minimum atomic E-state index is -1.36. The highest BCUT2D eigenvalue weighted by Gasteiger charge is 2.48. The van der Waals surface area contributed by atoms with Crippen LogP contribution >= 0.6 is 0 Å². The highest BCUT2D eigenvalue weighted by molar-refractivity contribution is 5.99. The Bertz CT molecular complexity index is 2140. The lowest BCUT2D eigenvalue weighted by Crippen LogP contribution is -2.55. The van der Waals surface area contributed by atoms with Gasteiger partial charge in [0.2, 0.25) is 5.43 Å². The van der Waals surface area contributed by atoms with Gasteiger partial charge in [-0.25, -0.2) is 4.79 Å². The number of hydrogen-bond acceptors (Lipinski definition) is 18. The Kier molecular flexibility index (Phi) is 33.4. The van der Waals surface area contributed by atoms with Crippen LogP contribution < -0.4 is 10.7 Å². The van der Waals surface area contributed by atoms with Crippen molar-refractivity contribution in [1.82, 2.24) is 14.4 Å². The molecule has 21 nitrogen and oxygen atoms in total. The largest absolute Gasteiger partial charge is 0.481 e. The van der Waals surface area contributed by atoms with Gasteiger partial charge in [-0.3, -0.25) is 14.4 Å². The quantitative estimate of drug-likeness (QED) is 0.0367. The van der Waals surface area contributed by atoms with Crippen molar-refractivity contribution in [2.24, 2.45) is 22.9 Å². The van der Waals surface area contributed by atoms with Gasteiger partial charge in [0, 0.05) is 63.1 Å². The molecule has 2 saturated heterocycles. The zero-order valence-corrected chi connectivity index (χ0v) is 50.2. The smallest absolute Gasteiger partial charge is 0.341 e. The molecule has 0 spiro atoms. The van der Waals surface area contributed by atoms with E-state index in [1.165, 1.54) is 6.20 Å². The number of hydrogen-bond donors (Lipinski definition) is 6. The maximum atomic E-state index is 13.6. The van der Waals surface area contributed by atoms with E-state index in [0.717, 1.165) is 43.9 Å². The fraction of sp³-hybridized carbons (Fsp3) is 0.789. The molecule has 0 aliphatic carbocycles. The van der Waals surface area contributed by atoms with Crippen LogP contribution in [0.3, 0.4) is 0 Å². The number of likely N-dealkylation sites (N-methyl/N-ethyl adjacent to an activating group) is 1. The van der Waals surface area contributed by atoms with Gasteiger partial charge >= 0.3 is 17.9 Å². The van der Waals surface area contributed by atoms with Crippen molar-refractivity contribution >= 4 is 34.5 Å². The van der Waals surface area contributed by atoms with Gasteiger partial charge in [-0.05, 0) is 112 Å². The number of aliphatic carboxylic acids is 1. The highest BCUT2D eigenvalue weighted by atomic mass is 16.7. The molecule has 0 bridgehead atoms. The molecule has 450 valence electrons. The number of anilines is 1. The van der Waals surface area contributed by atoms with E-state index in [1.54, 1.807) is 26.8 Å². The Hall–Kier alpha value is -4.16. The number of nitroso groups, excluding NO2 is 1. The normalized spacial score (nSPS) is 28.6. The average Bonchev–Trinajstić information content (AvgIpc) is 3.42. The molecule has 14 atom stereocenters. The van der Waals surface area contributed by atoms with Crippen molar-refractivity contribution in [3.63, 3.8) is 0 Å². The summed E-state index contributed by atoms with van der Waals surface area (Å²) < 4.78 is 38.6. The van der Waals surface area contributed by atoms with Crippen LogP contribution in [0.5, 0.6) is 0 Å². The predicted octanol–water partition coefficient (Wildman–Crippen LogP) is 7.40. The molecule has 9 unspecified atom stereocenters. The average molecular weight is 1110 g/mol. The first-order valence-corrected chi connectivity index (χ1v) is 28.2. The predicted molar refractivity (Wildman–Crippen MR) is 303 cm³/mol. The fourth-order valence-corrected chi connectivity index (χ4v) is 10.2. The first-order chi connectivity index (χ1) is 36.9. The molecular weight excluding hydrogens is 1010 g/mol. The van der Waals surface area contributed by atoms with Gasteiger partial charge in [-0.1, -0.05) is 66.6 Å². The minimum Gasteiger partial charge on any atom is -0.481 e. The molecule has 5 rings (SSSR count). The maximum Gasteiger partial charge on any atom is 0.341 e. The van der Waals surface area contributed by atoms with Crippen molar-refractivity contribution in [2.45, 2.75) is 215 Å². The van der Waals surface area contributed by atoms with Crippen LogP contribution in [0, 0.1) is 22.7 Å². The van der Waals surface area contributed by atoms with E-state index in [4.69, 9.17) is 38.6 Å². The summed E-state index contributed by atoms with van der Waals surface area (Å²) in [6.45, 7) is 26.9. The molecule has 4 heterocycles. The minimum absolute atomic E-state index is 0.0340. The summed E-state index contributed by atoms with van der Waals surface area (Å²) in [5.74, 6) is -4.15. The number of cyclic esters (lactones) is 1. The van der Waals surface area contributed by atoms with Gasteiger partial charge in [0.15, 0.2) is 18.6 Å². The van der Waals surface area contributed by atoms with Crippen molar-refractivity contribution in [3.05, 3.63) is 44.6 Å². The maximum absolute atomic E-state index is 13.6. The molecular formula is C57H101N5O16. The summed E-state index contributed by atoms with van der Waals surface area (Å²) >= 11 is 0. The second-order valence-corrected chi connectivity index (χ2v) is 20.8. The Morgan fingerprint density at radius 3 is 2.23 bits per heavy atom. The summed E-state index contributed by atoms with van der Waals surface area (Å²) in [6, 6.07) is 2.38. The van der Waals surface area contributed by atoms with Crippen LogP contribution in [0.15, 0.2) is 28.3 Å². The number of esters is 1. The van der Waals surface area contributed by atoms with Crippen LogP contribution in [0.1, 0.15) is 151 Å². The zero-order valence-electron chi connectivity index (χ0n) is 50.2. The van der Waals surface area contributed by atoms with Gasteiger partial charge in [-0.15, -0.1) is 0 Å². The molecule has 0 amide bonds.